The molecule has 0 fully saturated rings. The average Bonchev–Trinajstić information content (AvgIpc) is 2.69. The molecule has 0 radical (unpaired) electrons. The van der Waals surface area contributed by atoms with E-state index in [1.807, 2.05) is 60.7 Å². The number of rotatable bonds is 4. The highest BCUT2D eigenvalue weighted by Crippen LogP contribution is 2.23. The second kappa shape index (κ2) is 7.45. The highest BCUT2D eigenvalue weighted by Gasteiger charge is 2.16. The smallest absolute Gasteiger partial charge is 0.298 e. The van der Waals surface area contributed by atoms with E-state index in [0.29, 0.717) is 6.29 Å². The van der Waals surface area contributed by atoms with E-state index < -0.39 is 21.9 Å². The minimum atomic E-state index is -0.789. The van der Waals surface area contributed by atoms with Gasteiger partial charge in [0.1, 0.15) is 5.56 Å². The molecular formula is C19H17N3O3S. The number of benzene rings is 2. The molecule has 0 aliphatic heterocycles. The minimum absolute atomic E-state index is 0.0872. The van der Waals surface area contributed by atoms with Crippen LogP contribution in [-0.2, 0) is 24.8 Å². The fourth-order valence-electron chi connectivity index (χ4n) is 2.50. The summed E-state index contributed by atoms with van der Waals surface area (Å²) in [7, 11) is 2.06. The lowest BCUT2D eigenvalue weighted by Gasteiger charge is -2.12. The Labute approximate surface area is 152 Å². The monoisotopic (exact) mass is 367 g/mol. The molecule has 2 aromatic carbocycles. The maximum atomic E-state index is 12.3. The largest absolute Gasteiger partial charge is 0.332 e. The third-order valence-corrected chi connectivity index (χ3v) is 5.69. The summed E-state index contributed by atoms with van der Waals surface area (Å²) in [5.41, 5.74) is -1.30. The number of aldehydes is 1. The molecule has 0 atom stereocenters. The number of aromatic nitrogens is 2. The van der Waals surface area contributed by atoms with Crippen molar-refractivity contribution in [2.24, 2.45) is 18.5 Å². The van der Waals surface area contributed by atoms with E-state index >= 15 is 0 Å². The van der Waals surface area contributed by atoms with Crippen LogP contribution in [0.2, 0.25) is 0 Å². The zero-order valence-electron chi connectivity index (χ0n) is 14.3. The lowest BCUT2D eigenvalue weighted by Crippen LogP contribution is -2.38. The van der Waals surface area contributed by atoms with Crippen molar-refractivity contribution in [1.29, 1.82) is 0 Å². The fourth-order valence-corrected chi connectivity index (χ4v) is 4.21. The van der Waals surface area contributed by atoms with Crippen LogP contribution in [0.5, 0.6) is 0 Å². The number of carbonyl (C=O) groups is 1. The SMILES string of the molecule is Cn1c(N=S(c2ccccc2)c2ccccc2)c(C=O)c(=O)n(C)c1=O. The highest BCUT2D eigenvalue weighted by atomic mass is 32.2. The zero-order chi connectivity index (χ0) is 18.7. The van der Waals surface area contributed by atoms with Gasteiger partial charge >= 0.3 is 5.69 Å². The predicted octanol–water partition coefficient (Wildman–Crippen LogP) is 2.45. The van der Waals surface area contributed by atoms with Crippen molar-refractivity contribution >= 4 is 22.8 Å². The highest BCUT2D eigenvalue weighted by molar-refractivity contribution is 7.87. The van der Waals surface area contributed by atoms with Gasteiger partial charge in [-0.3, -0.25) is 18.7 Å². The van der Waals surface area contributed by atoms with Crippen molar-refractivity contribution in [2.75, 3.05) is 0 Å². The van der Waals surface area contributed by atoms with Gasteiger partial charge in [-0.15, -0.1) is 0 Å². The fraction of sp³-hybridized carbons (Fsp3) is 0.105. The molecule has 0 aliphatic rings. The van der Waals surface area contributed by atoms with Crippen molar-refractivity contribution < 1.29 is 4.79 Å². The van der Waals surface area contributed by atoms with Crippen molar-refractivity contribution in [3.63, 3.8) is 0 Å². The number of hydrogen-bond acceptors (Lipinski definition) is 4. The maximum Gasteiger partial charge on any atom is 0.332 e. The molecule has 1 heterocycles. The summed E-state index contributed by atoms with van der Waals surface area (Å²) in [6.45, 7) is 0. The van der Waals surface area contributed by atoms with Gasteiger partial charge in [0, 0.05) is 23.9 Å². The van der Waals surface area contributed by atoms with Crippen LogP contribution in [0, 0.1) is 0 Å². The van der Waals surface area contributed by atoms with E-state index in [1.54, 1.807) is 0 Å². The molecule has 0 spiro atoms. The molecule has 0 unspecified atom stereocenters. The van der Waals surface area contributed by atoms with Crippen LogP contribution in [0.3, 0.4) is 0 Å². The summed E-state index contributed by atoms with van der Waals surface area (Å²) in [5.74, 6) is 0.0872. The van der Waals surface area contributed by atoms with Crippen LogP contribution >= 0.6 is 0 Å². The van der Waals surface area contributed by atoms with Crippen molar-refractivity contribution in [3.05, 3.63) is 87.1 Å². The molecule has 0 saturated heterocycles. The topological polar surface area (TPSA) is 73.4 Å². The van der Waals surface area contributed by atoms with Gasteiger partial charge in [-0.1, -0.05) is 36.4 Å². The van der Waals surface area contributed by atoms with Crippen LogP contribution in [0.1, 0.15) is 10.4 Å². The summed E-state index contributed by atoms with van der Waals surface area (Å²) in [4.78, 5) is 38.0. The Bertz CT molecular complexity index is 1060. The predicted molar refractivity (Wildman–Crippen MR) is 101 cm³/mol. The number of hydrogen-bond donors (Lipinski definition) is 0. The molecule has 26 heavy (non-hydrogen) atoms. The van der Waals surface area contributed by atoms with Gasteiger partial charge < -0.3 is 0 Å². The van der Waals surface area contributed by atoms with Gasteiger partial charge in [0.05, 0.1) is 0 Å². The molecule has 3 aromatic rings. The summed E-state index contributed by atoms with van der Waals surface area (Å²) in [6, 6.07) is 19.1. The number of carbonyl (C=O) groups excluding carboxylic acids is 1. The van der Waals surface area contributed by atoms with Crippen molar-refractivity contribution in [1.82, 2.24) is 9.13 Å². The van der Waals surface area contributed by atoms with E-state index in [2.05, 4.69) is 4.36 Å². The molecule has 0 amide bonds. The Morgan fingerprint density at radius 1 is 0.846 bits per heavy atom. The second-order valence-electron chi connectivity index (χ2n) is 5.56. The Hall–Kier alpha value is -3.06. The number of nitrogens with zero attached hydrogens (tertiary/aromatic N) is 3. The molecule has 0 bridgehead atoms. The summed E-state index contributed by atoms with van der Waals surface area (Å²) >= 11 is 0. The van der Waals surface area contributed by atoms with Crippen molar-refractivity contribution in [3.8, 4) is 0 Å². The van der Waals surface area contributed by atoms with Crippen LogP contribution in [0.4, 0.5) is 5.82 Å². The van der Waals surface area contributed by atoms with Crippen LogP contribution < -0.4 is 11.2 Å². The van der Waals surface area contributed by atoms with E-state index in [0.717, 1.165) is 14.4 Å². The first-order valence-corrected chi connectivity index (χ1v) is 9.04. The first kappa shape index (κ1) is 17.8. The summed E-state index contributed by atoms with van der Waals surface area (Å²) in [5, 5.41) is 0. The maximum absolute atomic E-state index is 12.3. The molecule has 0 N–H and O–H groups in total. The van der Waals surface area contributed by atoms with Gasteiger partial charge in [-0.2, -0.15) is 4.36 Å². The molecule has 6 nitrogen and oxygen atoms in total. The van der Waals surface area contributed by atoms with Crippen LogP contribution in [0.25, 0.3) is 0 Å². The first-order valence-electron chi connectivity index (χ1n) is 7.86. The molecule has 3 rings (SSSR count). The Balaban J connectivity index is 2.37. The van der Waals surface area contributed by atoms with Crippen LogP contribution in [-0.4, -0.2) is 15.4 Å². The summed E-state index contributed by atoms with van der Waals surface area (Å²) in [6.07, 6.45) is 0.456. The first-order chi connectivity index (χ1) is 12.5. The van der Waals surface area contributed by atoms with Gasteiger partial charge in [-0.05, 0) is 35.0 Å². The zero-order valence-corrected chi connectivity index (χ0v) is 15.1. The molecule has 132 valence electrons. The molecule has 0 saturated carbocycles. The Morgan fingerprint density at radius 2 is 1.35 bits per heavy atom. The lowest BCUT2D eigenvalue weighted by atomic mass is 10.3. The Kier molecular flexibility index (Phi) is 5.09. The molecule has 1 aromatic heterocycles. The standard InChI is InChI=1S/C19H17N3O3S/c1-21-17(16(13-23)18(24)22(2)19(21)25)20-26(14-9-5-3-6-10-14)15-11-7-4-8-12-15/h3-13H,1-2H3. The molecule has 7 heteroatoms. The van der Waals surface area contributed by atoms with Gasteiger partial charge in [0.25, 0.3) is 5.56 Å². The molecular weight excluding hydrogens is 350 g/mol. The lowest BCUT2D eigenvalue weighted by molar-refractivity contribution is 0.112. The average molecular weight is 367 g/mol. The normalized spacial score (nSPS) is 10.7. The Morgan fingerprint density at radius 3 is 1.81 bits per heavy atom. The summed E-state index contributed by atoms with van der Waals surface area (Å²) < 4.78 is 6.82. The third-order valence-electron chi connectivity index (χ3n) is 3.90. The molecule has 0 aliphatic carbocycles. The second-order valence-corrected chi connectivity index (χ2v) is 7.26. The van der Waals surface area contributed by atoms with Gasteiger partial charge in [0.2, 0.25) is 0 Å². The minimum Gasteiger partial charge on any atom is -0.298 e. The van der Waals surface area contributed by atoms with Crippen molar-refractivity contribution in [2.45, 2.75) is 9.79 Å². The van der Waals surface area contributed by atoms with E-state index in [4.69, 9.17) is 0 Å². The van der Waals surface area contributed by atoms with E-state index in [9.17, 15) is 14.4 Å². The van der Waals surface area contributed by atoms with E-state index in [-0.39, 0.29) is 11.4 Å². The van der Waals surface area contributed by atoms with E-state index in [1.165, 1.54) is 18.7 Å². The quantitative estimate of drug-likeness (QED) is 0.665. The van der Waals surface area contributed by atoms with Gasteiger partial charge in [-0.25, -0.2) is 4.79 Å². The van der Waals surface area contributed by atoms with Gasteiger partial charge in [0.15, 0.2) is 12.1 Å². The van der Waals surface area contributed by atoms with Crippen LogP contribution in [0.15, 0.2) is 84.4 Å². The third kappa shape index (κ3) is 3.21.